The summed E-state index contributed by atoms with van der Waals surface area (Å²) < 4.78 is 2.12. The molecule has 0 saturated heterocycles. The molecule has 2 aromatic rings. The van der Waals surface area contributed by atoms with Crippen molar-refractivity contribution in [3.63, 3.8) is 0 Å². The summed E-state index contributed by atoms with van der Waals surface area (Å²) in [4.78, 5) is 0. The lowest BCUT2D eigenvalue weighted by Crippen LogP contribution is -2.01. The fourth-order valence-corrected chi connectivity index (χ4v) is 2.69. The summed E-state index contributed by atoms with van der Waals surface area (Å²) in [7, 11) is 0. The van der Waals surface area contributed by atoms with Gasteiger partial charge in [0.2, 0.25) is 0 Å². The Morgan fingerprint density at radius 2 is 1.44 bits per heavy atom. The van der Waals surface area contributed by atoms with Crippen molar-refractivity contribution in [2.45, 2.75) is 20.8 Å². The molecule has 0 amide bonds. The van der Waals surface area contributed by atoms with Gasteiger partial charge in [-0.25, -0.2) is 0 Å². The van der Waals surface area contributed by atoms with Gasteiger partial charge in [-0.1, -0.05) is 11.6 Å². The standard InChI is InChI=1S/C15H15Br2N/c1-8(2)15(18)12-5-11-7-14(17)13(16)6-10(11)4-9(12)3/h4-7H,18H2,1-3H3. The summed E-state index contributed by atoms with van der Waals surface area (Å²) in [5.41, 5.74) is 10.5. The third kappa shape index (κ3) is 2.47. The Balaban J connectivity index is 2.76. The SMILES string of the molecule is CC(C)=C(N)c1cc2cc(Br)c(Br)cc2cc1C. The van der Waals surface area contributed by atoms with Crippen molar-refractivity contribution >= 4 is 48.3 Å². The summed E-state index contributed by atoms with van der Waals surface area (Å²) in [5, 5.41) is 2.41. The number of nitrogens with two attached hydrogens (primary N) is 1. The Morgan fingerprint density at radius 3 is 1.94 bits per heavy atom. The molecule has 0 bridgehead atoms. The maximum atomic E-state index is 6.16. The topological polar surface area (TPSA) is 26.0 Å². The molecule has 0 aliphatic rings. The van der Waals surface area contributed by atoms with Crippen LogP contribution in [0.25, 0.3) is 16.5 Å². The fourth-order valence-electron chi connectivity index (χ4n) is 1.97. The number of aryl methyl sites for hydroxylation is 1. The van der Waals surface area contributed by atoms with Crippen LogP contribution in [0.5, 0.6) is 0 Å². The van der Waals surface area contributed by atoms with E-state index in [0.717, 1.165) is 25.8 Å². The van der Waals surface area contributed by atoms with Crippen molar-refractivity contribution in [2.24, 2.45) is 5.73 Å². The van der Waals surface area contributed by atoms with Gasteiger partial charge in [0.15, 0.2) is 0 Å². The number of allylic oxidation sites excluding steroid dienone is 1. The van der Waals surface area contributed by atoms with Crippen molar-refractivity contribution in [3.8, 4) is 0 Å². The van der Waals surface area contributed by atoms with Crippen LogP contribution in [0, 0.1) is 6.92 Å². The molecule has 18 heavy (non-hydrogen) atoms. The minimum absolute atomic E-state index is 0.869. The molecule has 1 nitrogen and oxygen atoms in total. The molecule has 0 aromatic heterocycles. The molecule has 2 rings (SSSR count). The minimum atomic E-state index is 0.869. The predicted molar refractivity (Wildman–Crippen MR) is 86.5 cm³/mol. The van der Waals surface area contributed by atoms with Gasteiger partial charge >= 0.3 is 0 Å². The smallest absolute Gasteiger partial charge is 0.0376 e. The van der Waals surface area contributed by atoms with Crippen LogP contribution >= 0.6 is 31.9 Å². The number of hydrogen-bond donors (Lipinski definition) is 1. The van der Waals surface area contributed by atoms with Crippen molar-refractivity contribution in [2.75, 3.05) is 0 Å². The van der Waals surface area contributed by atoms with Crippen LogP contribution in [0.4, 0.5) is 0 Å². The Labute approximate surface area is 124 Å². The molecule has 0 fully saturated rings. The molecule has 3 heteroatoms. The van der Waals surface area contributed by atoms with Crippen LogP contribution in [0.1, 0.15) is 25.0 Å². The molecule has 0 spiro atoms. The first-order valence-electron chi connectivity index (χ1n) is 5.73. The number of fused-ring (bicyclic) bond motifs is 1. The van der Waals surface area contributed by atoms with Gasteiger partial charge in [0.1, 0.15) is 0 Å². The molecule has 94 valence electrons. The van der Waals surface area contributed by atoms with E-state index in [9.17, 15) is 0 Å². The van der Waals surface area contributed by atoms with E-state index in [0.29, 0.717) is 0 Å². The Kier molecular flexibility index (Phi) is 3.83. The number of benzene rings is 2. The molecule has 0 atom stereocenters. The summed E-state index contributed by atoms with van der Waals surface area (Å²) in [5.74, 6) is 0. The third-order valence-electron chi connectivity index (χ3n) is 3.05. The van der Waals surface area contributed by atoms with Crippen LogP contribution in [0.3, 0.4) is 0 Å². The maximum absolute atomic E-state index is 6.16. The monoisotopic (exact) mass is 367 g/mol. The van der Waals surface area contributed by atoms with E-state index in [1.165, 1.54) is 16.3 Å². The van der Waals surface area contributed by atoms with Crippen molar-refractivity contribution in [1.82, 2.24) is 0 Å². The summed E-state index contributed by atoms with van der Waals surface area (Å²) in [6.07, 6.45) is 0. The van der Waals surface area contributed by atoms with E-state index in [2.05, 4.69) is 63.0 Å². The quantitative estimate of drug-likeness (QED) is 0.718. The highest BCUT2D eigenvalue weighted by atomic mass is 79.9. The second-order valence-electron chi connectivity index (χ2n) is 4.69. The highest BCUT2D eigenvalue weighted by Crippen LogP contribution is 2.31. The third-order valence-corrected chi connectivity index (χ3v) is 4.90. The molecular weight excluding hydrogens is 354 g/mol. The second kappa shape index (κ2) is 5.06. The van der Waals surface area contributed by atoms with Crippen LogP contribution in [0.15, 0.2) is 38.8 Å². The Hall–Kier alpha value is -0.800. The largest absolute Gasteiger partial charge is 0.398 e. The zero-order valence-corrected chi connectivity index (χ0v) is 13.8. The number of hydrogen-bond acceptors (Lipinski definition) is 1. The van der Waals surface area contributed by atoms with Gasteiger partial charge in [-0.2, -0.15) is 0 Å². The molecule has 0 radical (unpaired) electrons. The maximum Gasteiger partial charge on any atom is 0.0376 e. The molecule has 0 unspecified atom stereocenters. The molecule has 0 aliphatic carbocycles. The lowest BCUT2D eigenvalue weighted by atomic mass is 9.98. The van der Waals surface area contributed by atoms with Crippen molar-refractivity contribution in [1.29, 1.82) is 0 Å². The van der Waals surface area contributed by atoms with E-state index in [4.69, 9.17) is 5.73 Å². The van der Waals surface area contributed by atoms with Crippen LogP contribution in [-0.4, -0.2) is 0 Å². The fraction of sp³-hybridized carbons (Fsp3) is 0.200. The van der Waals surface area contributed by atoms with Crippen LogP contribution < -0.4 is 5.73 Å². The van der Waals surface area contributed by atoms with Gasteiger partial charge in [-0.05, 0) is 87.2 Å². The summed E-state index contributed by atoms with van der Waals surface area (Å²) >= 11 is 7.07. The average molecular weight is 369 g/mol. The number of rotatable bonds is 1. The zero-order chi connectivity index (χ0) is 13.4. The van der Waals surface area contributed by atoms with Crippen molar-refractivity contribution in [3.05, 3.63) is 49.9 Å². The van der Waals surface area contributed by atoms with Gasteiger partial charge in [0.25, 0.3) is 0 Å². The van der Waals surface area contributed by atoms with Gasteiger partial charge in [-0.3, -0.25) is 0 Å². The highest BCUT2D eigenvalue weighted by molar-refractivity contribution is 9.13. The molecule has 2 aromatic carbocycles. The van der Waals surface area contributed by atoms with E-state index < -0.39 is 0 Å². The Morgan fingerprint density at radius 1 is 0.944 bits per heavy atom. The summed E-state index contributed by atoms with van der Waals surface area (Å²) in [6, 6.07) is 8.57. The lowest BCUT2D eigenvalue weighted by molar-refractivity contribution is 1.32. The Bertz CT molecular complexity index is 653. The highest BCUT2D eigenvalue weighted by Gasteiger charge is 2.07. The summed E-state index contributed by atoms with van der Waals surface area (Å²) in [6.45, 7) is 6.17. The van der Waals surface area contributed by atoms with Crippen LogP contribution in [-0.2, 0) is 0 Å². The molecule has 0 saturated carbocycles. The molecule has 2 N–H and O–H groups in total. The molecule has 0 heterocycles. The first kappa shape index (κ1) is 13.6. The second-order valence-corrected chi connectivity index (χ2v) is 6.40. The van der Waals surface area contributed by atoms with Gasteiger partial charge in [0.05, 0.1) is 0 Å². The zero-order valence-electron chi connectivity index (χ0n) is 10.6. The van der Waals surface area contributed by atoms with Gasteiger partial charge in [-0.15, -0.1) is 0 Å². The normalized spacial score (nSPS) is 10.7. The van der Waals surface area contributed by atoms with E-state index in [1.807, 2.05) is 13.8 Å². The first-order chi connectivity index (χ1) is 8.40. The number of halogens is 2. The van der Waals surface area contributed by atoms with Crippen molar-refractivity contribution < 1.29 is 0 Å². The average Bonchev–Trinajstić information content (AvgIpc) is 2.29. The van der Waals surface area contributed by atoms with Gasteiger partial charge in [0, 0.05) is 20.2 Å². The van der Waals surface area contributed by atoms with Gasteiger partial charge < -0.3 is 5.73 Å². The van der Waals surface area contributed by atoms with E-state index >= 15 is 0 Å². The molecular formula is C15H15Br2N. The molecule has 0 aliphatic heterocycles. The van der Waals surface area contributed by atoms with E-state index in [1.54, 1.807) is 0 Å². The lowest BCUT2D eigenvalue weighted by Gasteiger charge is -2.11. The minimum Gasteiger partial charge on any atom is -0.398 e. The van der Waals surface area contributed by atoms with E-state index in [-0.39, 0.29) is 0 Å². The predicted octanol–water partition coefficient (Wildman–Crippen LogP) is 5.38. The van der Waals surface area contributed by atoms with Crippen LogP contribution in [0.2, 0.25) is 0 Å². The first-order valence-corrected chi connectivity index (χ1v) is 7.31.